The smallest absolute Gasteiger partial charge is 0.259 e. The highest BCUT2D eigenvalue weighted by atomic mass is 16.1. The van der Waals surface area contributed by atoms with Gasteiger partial charge in [0, 0.05) is 37.0 Å². The van der Waals surface area contributed by atoms with Crippen molar-refractivity contribution < 1.29 is 4.79 Å². The van der Waals surface area contributed by atoms with E-state index >= 15 is 0 Å². The minimum absolute atomic E-state index is 0.154. The van der Waals surface area contributed by atoms with Crippen molar-refractivity contribution in [2.75, 3.05) is 5.32 Å². The first-order valence-electron chi connectivity index (χ1n) is 8.46. The Balaban J connectivity index is 1.53. The Morgan fingerprint density at radius 2 is 1.96 bits per heavy atom. The van der Waals surface area contributed by atoms with Gasteiger partial charge in [0.25, 0.3) is 5.91 Å². The van der Waals surface area contributed by atoms with Gasteiger partial charge in [-0.2, -0.15) is 5.10 Å². The molecule has 1 amide bonds. The predicted molar refractivity (Wildman–Crippen MR) is 94.3 cm³/mol. The van der Waals surface area contributed by atoms with E-state index in [1.165, 1.54) is 6.42 Å². The minimum atomic E-state index is -0.154. The zero-order chi connectivity index (χ0) is 17.4. The summed E-state index contributed by atoms with van der Waals surface area (Å²) in [6, 6.07) is 7.72. The SMILES string of the molecule is Cc1c(C(=O)Nc2ccc(-c3nnc4n3CCCC4)cc2)cnn1C. The van der Waals surface area contributed by atoms with Gasteiger partial charge in [0.2, 0.25) is 0 Å². The molecule has 0 aliphatic carbocycles. The molecule has 3 heterocycles. The minimum Gasteiger partial charge on any atom is -0.322 e. The van der Waals surface area contributed by atoms with Crippen molar-refractivity contribution in [2.45, 2.75) is 32.7 Å². The summed E-state index contributed by atoms with van der Waals surface area (Å²) in [4.78, 5) is 12.4. The second-order valence-electron chi connectivity index (χ2n) is 6.35. The van der Waals surface area contributed by atoms with E-state index in [1.807, 2.05) is 38.2 Å². The first-order chi connectivity index (χ1) is 12.1. The van der Waals surface area contributed by atoms with Gasteiger partial charge in [0.1, 0.15) is 5.82 Å². The second-order valence-corrected chi connectivity index (χ2v) is 6.35. The van der Waals surface area contributed by atoms with Crippen molar-refractivity contribution in [3.05, 3.63) is 47.5 Å². The molecule has 3 aromatic rings. The van der Waals surface area contributed by atoms with Gasteiger partial charge in [-0.25, -0.2) is 0 Å². The van der Waals surface area contributed by atoms with E-state index in [1.54, 1.807) is 10.9 Å². The molecule has 25 heavy (non-hydrogen) atoms. The largest absolute Gasteiger partial charge is 0.322 e. The third-order valence-electron chi connectivity index (χ3n) is 4.74. The summed E-state index contributed by atoms with van der Waals surface area (Å²) in [6.45, 7) is 2.84. The number of nitrogens with one attached hydrogen (secondary N) is 1. The topological polar surface area (TPSA) is 77.6 Å². The Kier molecular flexibility index (Phi) is 3.83. The molecule has 7 heteroatoms. The molecule has 7 nitrogen and oxygen atoms in total. The van der Waals surface area contributed by atoms with Crippen LogP contribution in [0.1, 0.15) is 34.7 Å². The van der Waals surface area contributed by atoms with Crippen LogP contribution in [0.2, 0.25) is 0 Å². The number of hydrogen-bond acceptors (Lipinski definition) is 4. The average Bonchev–Trinajstić information content (AvgIpc) is 3.20. The Morgan fingerprint density at radius 1 is 1.16 bits per heavy atom. The number of aryl methyl sites for hydroxylation is 2. The van der Waals surface area contributed by atoms with Crippen LogP contribution < -0.4 is 5.32 Å². The highest BCUT2D eigenvalue weighted by molar-refractivity contribution is 6.04. The van der Waals surface area contributed by atoms with E-state index in [-0.39, 0.29) is 5.91 Å². The van der Waals surface area contributed by atoms with Crippen LogP contribution >= 0.6 is 0 Å². The van der Waals surface area contributed by atoms with E-state index in [4.69, 9.17) is 0 Å². The average molecular weight is 336 g/mol. The molecule has 0 saturated carbocycles. The fourth-order valence-electron chi connectivity index (χ4n) is 3.14. The highest BCUT2D eigenvalue weighted by Crippen LogP contribution is 2.24. The molecule has 1 aromatic carbocycles. The van der Waals surface area contributed by atoms with E-state index in [2.05, 4.69) is 25.2 Å². The maximum atomic E-state index is 12.4. The van der Waals surface area contributed by atoms with Gasteiger partial charge >= 0.3 is 0 Å². The number of benzene rings is 1. The number of fused-ring (bicyclic) bond motifs is 1. The zero-order valence-corrected chi connectivity index (χ0v) is 14.4. The molecule has 0 unspecified atom stereocenters. The number of anilines is 1. The number of carbonyl (C=O) groups excluding carboxylic acids is 1. The van der Waals surface area contributed by atoms with Crippen LogP contribution in [0.5, 0.6) is 0 Å². The first kappa shape index (κ1) is 15.6. The maximum absolute atomic E-state index is 12.4. The lowest BCUT2D eigenvalue weighted by molar-refractivity contribution is 0.102. The molecule has 2 aromatic heterocycles. The molecule has 4 rings (SSSR count). The lowest BCUT2D eigenvalue weighted by Gasteiger charge is -2.14. The summed E-state index contributed by atoms with van der Waals surface area (Å²) in [7, 11) is 1.82. The molecule has 128 valence electrons. The second kappa shape index (κ2) is 6.16. The predicted octanol–water partition coefficient (Wildman–Crippen LogP) is 2.58. The number of carbonyl (C=O) groups is 1. The van der Waals surface area contributed by atoms with Crippen molar-refractivity contribution in [1.82, 2.24) is 24.5 Å². The van der Waals surface area contributed by atoms with Gasteiger partial charge in [0.05, 0.1) is 11.8 Å². The van der Waals surface area contributed by atoms with Gasteiger partial charge in [-0.15, -0.1) is 10.2 Å². The lowest BCUT2D eigenvalue weighted by Crippen LogP contribution is -2.13. The van der Waals surface area contributed by atoms with Crippen LogP contribution in [0, 0.1) is 6.92 Å². The molecular formula is C18H20N6O. The molecule has 0 saturated heterocycles. The molecule has 0 atom stereocenters. The number of nitrogens with zero attached hydrogens (tertiary/aromatic N) is 5. The number of amides is 1. The number of rotatable bonds is 3. The normalized spacial score (nSPS) is 13.5. The summed E-state index contributed by atoms with van der Waals surface area (Å²) < 4.78 is 3.88. The summed E-state index contributed by atoms with van der Waals surface area (Å²) in [5.41, 5.74) is 3.17. The van der Waals surface area contributed by atoms with Gasteiger partial charge < -0.3 is 9.88 Å². The highest BCUT2D eigenvalue weighted by Gasteiger charge is 2.17. The Labute approximate surface area is 145 Å². The third-order valence-corrected chi connectivity index (χ3v) is 4.74. The zero-order valence-electron chi connectivity index (χ0n) is 14.4. The van der Waals surface area contributed by atoms with Gasteiger partial charge in [-0.1, -0.05) is 0 Å². The van der Waals surface area contributed by atoms with Crippen LogP contribution in [0.25, 0.3) is 11.4 Å². The first-order valence-corrected chi connectivity index (χ1v) is 8.46. The fraction of sp³-hybridized carbons (Fsp3) is 0.333. The molecular weight excluding hydrogens is 316 g/mol. The monoisotopic (exact) mass is 336 g/mol. The summed E-state index contributed by atoms with van der Waals surface area (Å²) in [5, 5.41) is 15.6. The van der Waals surface area contributed by atoms with Crippen molar-refractivity contribution in [1.29, 1.82) is 0 Å². The summed E-state index contributed by atoms with van der Waals surface area (Å²) in [6.07, 6.45) is 4.92. The number of hydrogen-bond donors (Lipinski definition) is 1. The van der Waals surface area contributed by atoms with Gasteiger partial charge in [-0.3, -0.25) is 9.48 Å². The van der Waals surface area contributed by atoms with E-state index in [0.717, 1.165) is 48.0 Å². The molecule has 0 radical (unpaired) electrons. The molecule has 0 spiro atoms. The van der Waals surface area contributed by atoms with Crippen molar-refractivity contribution in [3.8, 4) is 11.4 Å². The van der Waals surface area contributed by atoms with E-state index < -0.39 is 0 Å². The molecule has 0 bridgehead atoms. The molecule has 0 fully saturated rings. The quantitative estimate of drug-likeness (QED) is 0.797. The fourth-order valence-corrected chi connectivity index (χ4v) is 3.14. The van der Waals surface area contributed by atoms with Gasteiger partial charge in [-0.05, 0) is 44.0 Å². The van der Waals surface area contributed by atoms with Crippen molar-refractivity contribution >= 4 is 11.6 Å². The molecule has 1 N–H and O–H groups in total. The molecule has 1 aliphatic rings. The molecule has 1 aliphatic heterocycles. The summed E-state index contributed by atoms with van der Waals surface area (Å²) >= 11 is 0. The Bertz CT molecular complexity index is 922. The Hall–Kier alpha value is -2.96. The van der Waals surface area contributed by atoms with E-state index in [0.29, 0.717) is 5.56 Å². The van der Waals surface area contributed by atoms with Crippen LogP contribution in [-0.4, -0.2) is 30.5 Å². The van der Waals surface area contributed by atoms with Gasteiger partial charge in [0.15, 0.2) is 5.82 Å². The van der Waals surface area contributed by atoms with Crippen LogP contribution in [0.3, 0.4) is 0 Å². The van der Waals surface area contributed by atoms with E-state index in [9.17, 15) is 4.79 Å². The maximum Gasteiger partial charge on any atom is 0.259 e. The standard InChI is InChI=1S/C18H20N6O/c1-12-15(11-19-23(12)2)18(25)20-14-8-6-13(7-9-14)17-22-21-16-5-3-4-10-24(16)17/h6-9,11H,3-5,10H2,1-2H3,(H,20,25). The van der Waals surface area contributed by atoms with Crippen molar-refractivity contribution in [2.24, 2.45) is 7.05 Å². The van der Waals surface area contributed by atoms with Crippen LogP contribution in [-0.2, 0) is 20.0 Å². The van der Waals surface area contributed by atoms with Crippen molar-refractivity contribution in [3.63, 3.8) is 0 Å². The third kappa shape index (κ3) is 2.82. The van der Waals surface area contributed by atoms with Crippen LogP contribution in [0.15, 0.2) is 30.5 Å². The summed E-state index contributed by atoms with van der Waals surface area (Å²) in [5.74, 6) is 1.81. The lowest BCUT2D eigenvalue weighted by atomic mass is 10.1. The Morgan fingerprint density at radius 3 is 2.68 bits per heavy atom. The van der Waals surface area contributed by atoms with Crippen LogP contribution in [0.4, 0.5) is 5.69 Å². The number of aromatic nitrogens is 5.